The molecule has 0 bridgehead atoms. The molecule has 0 saturated carbocycles. The maximum Gasteiger partial charge on any atom is 0.253 e. The summed E-state index contributed by atoms with van der Waals surface area (Å²) in [5.41, 5.74) is 10.0. The van der Waals surface area contributed by atoms with Gasteiger partial charge in [0.2, 0.25) is 0 Å². The zero-order valence-corrected chi connectivity index (χ0v) is 18.9. The SMILES string of the molecule is Cc1c(OCCCN)ccc(C(C)N2CCN(C(=O)c3ccc(Cl)cc3)CC2)c1C. The second kappa shape index (κ2) is 10.3. The number of benzene rings is 2. The number of ether oxygens (including phenoxy) is 1. The van der Waals surface area contributed by atoms with E-state index in [1.54, 1.807) is 24.3 Å². The summed E-state index contributed by atoms with van der Waals surface area (Å²) in [5.74, 6) is 1.01. The fraction of sp³-hybridized carbons (Fsp3) is 0.458. The van der Waals surface area contributed by atoms with Crippen molar-refractivity contribution in [1.82, 2.24) is 9.80 Å². The van der Waals surface area contributed by atoms with Crippen molar-refractivity contribution in [3.63, 3.8) is 0 Å². The highest BCUT2D eigenvalue weighted by Gasteiger charge is 2.26. The van der Waals surface area contributed by atoms with Gasteiger partial charge in [0.15, 0.2) is 0 Å². The van der Waals surface area contributed by atoms with Gasteiger partial charge in [0, 0.05) is 42.8 Å². The Morgan fingerprint density at radius 3 is 2.37 bits per heavy atom. The van der Waals surface area contributed by atoms with E-state index >= 15 is 0 Å². The highest BCUT2D eigenvalue weighted by molar-refractivity contribution is 6.30. The summed E-state index contributed by atoms with van der Waals surface area (Å²) >= 11 is 5.94. The summed E-state index contributed by atoms with van der Waals surface area (Å²) in [7, 11) is 0. The molecule has 1 aliphatic rings. The van der Waals surface area contributed by atoms with E-state index in [2.05, 4.69) is 37.8 Å². The number of hydrogen-bond acceptors (Lipinski definition) is 4. The topological polar surface area (TPSA) is 58.8 Å². The number of nitrogens with two attached hydrogens (primary N) is 1. The molecule has 2 N–H and O–H groups in total. The van der Waals surface area contributed by atoms with Gasteiger partial charge in [-0.1, -0.05) is 17.7 Å². The van der Waals surface area contributed by atoms with Crippen molar-refractivity contribution >= 4 is 17.5 Å². The van der Waals surface area contributed by atoms with E-state index in [4.69, 9.17) is 22.1 Å². The minimum atomic E-state index is 0.0741. The van der Waals surface area contributed by atoms with Crippen LogP contribution in [0.5, 0.6) is 5.75 Å². The summed E-state index contributed by atoms with van der Waals surface area (Å²) in [6, 6.07) is 11.7. The number of hydrogen-bond donors (Lipinski definition) is 1. The Kier molecular flexibility index (Phi) is 7.75. The van der Waals surface area contributed by atoms with E-state index in [-0.39, 0.29) is 11.9 Å². The molecule has 162 valence electrons. The number of amides is 1. The first-order chi connectivity index (χ1) is 14.4. The average molecular weight is 430 g/mol. The number of carbonyl (C=O) groups is 1. The van der Waals surface area contributed by atoms with Gasteiger partial charge in [-0.3, -0.25) is 9.69 Å². The lowest BCUT2D eigenvalue weighted by Crippen LogP contribution is -2.49. The van der Waals surface area contributed by atoms with Crippen LogP contribution in [-0.2, 0) is 0 Å². The van der Waals surface area contributed by atoms with Gasteiger partial charge >= 0.3 is 0 Å². The van der Waals surface area contributed by atoms with E-state index in [0.29, 0.717) is 23.7 Å². The van der Waals surface area contributed by atoms with Crippen LogP contribution >= 0.6 is 11.6 Å². The molecule has 1 atom stereocenters. The Morgan fingerprint density at radius 2 is 1.73 bits per heavy atom. The van der Waals surface area contributed by atoms with E-state index in [9.17, 15) is 4.79 Å². The summed E-state index contributed by atoms with van der Waals surface area (Å²) in [6.45, 7) is 11.0. The molecule has 1 saturated heterocycles. The molecule has 2 aromatic carbocycles. The standard InChI is InChI=1S/C24H32ClN3O2/c1-17-18(2)23(30-16-4-11-26)10-9-22(17)19(3)27-12-14-28(15-13-27)24(29)20-5-7-21(25)8-6-20/h5-10,19H,4,11-16,26H2,1-3H3. The van der Waals surface area contributed by atoms with Gasteiger partial charge in [-0.25, -0.2) is 0 Å². The molecule has 1 fully saturated rings. The predicted octanol–water partition coefficient (Wildman–Crippen LogP) is 4.20. The van der Waals surface area contributed by atoms with Crippen LogP contribution in [0.2, 0.25) is 5.02 Å². The van der Waals surface area contributed by atoms with Crippen LogP contribution in [0.15, 0.2) is 36.4 Å². The van der Waals surface area contributed by atoms with Crippen LogP contribution in [0.3, 0.4) is 0 Å². The van der Waals surface area contributed by atoms with Crippen molar-refractivity contribution < 1.29 is 9.53 Å². The smallest absolute Gasteiger partial charge is 0.253 e. The number of nitrogens with zero attached hydrogens (tertiary/aromatic N) is 2. The van der Waals surface area contributed by atoms with Crippen LogP contribution in [0.1, 0.15) is 46.4 Å². The number of piperazine rings is 1. The Bertz CT molecular complexity index is 861. The quantitative estimate of drug-likeness (QED) is 0.670. The number of rotatable bonds is 7. The molecular weight excluding hydrogens is 398 g/mol. The van der Waals surface area contributed by atoms with Crippen molar-refractivity contribution in [3.05, 3.63) is 63.7 Å². The molecule has 1 unspecified atom stereocenters. The van der Waals surface area contributed by atoms with Gasteiger partial charge in [-0.15, -0.1) is 0 Å². The fourth-order valence-corrected chi connectivity index (χ4v) is 4.10. The first kappa shape index (κ1) is 22.6. The van der Waals surface area contributed by atoms with Gasteiger partial charge in [0.25, 0.3) is 5.91 Å². The molecule has 5 nitrogen and oxygen atoms in total. The lowest BCUT2D eigenvalue weighted by Gasteiger charge is -2.39. The van der Waals surface area contributed by atoms with Crippen molar-refractivity contribution in [2.75, 3.05) is 39.3 Å². The van der Waals surface area contributed by atoms with Crippen LogP contribution in [0.4, 0.5) is 0 Å². The van der Waals surface area contributed by atoms with Crippen molar-refractivity contribution in [2.24, 2.45) is 5.73 Å². The lowest BCUT2D eigenvalue weighted by molar-refractivity contribution is 0.0581. The molecule has 1 amide bonds. The third-order valence-electron chi connectivity index (χ3n) is 6.08. The van der Waals surface area contributed by atoms with Crippen molar-refractivity contribution in [2.45, 2.75) is 33.2 Å². The molecule has 0 spiro atoms. The van der Waals surface area contributed by atoms with Crippen LogP contribution < -0.4 is 10.5 Å². The van der Waals surface area contributed by atoms with E-state index in [1.807, 2.05) is 4.90 Å². The van der Waals surface area contributed by atoms with E-state index < -0.39 is 0 Å². The third-order valence-corrected chi connectivity index (χ3v) is 6.33. The minimum Gasteiger partial charge on any atom is -0.493 e. The minimum absolute atomic E-state index is 0.0741. The molecular formula is C24H32ClN3O2. The maximum absolute atomic E-state index is 12.7. The Labute approximate surface area is 184 Å². The molecule has 1 heterocycles. The zero-order chi connectivity index (χ0) is 21.7. The number of halogens is 1. The third kappa shape index (κ3) is 5.15. The average Bonchev–Trinajstić information content (AvgIpc) is 2.76. The molecule has 0 radical (unpaired) electrons. The molecule has 0 aromatic heterocycles. The predicted molar refractivity (Wildman–Crippen MR) is 122 cm³/mol. The van der Waals surface area contributed by atoms with Gasteiger partial charge in [0.1, 0.15) is 5.75 Å². The van der Waals surface area contributed by atoms with E-state index in [0.717, 1.165) is 38.3 Å². The second-order valence-electron chi connectivity index (χ2n) is 7.90. The monoisotopic (exact) mass is 429 g/mol. The number of carbonyl (C=O) groups excluding carboxylic acids is 1. The van der Waals surface area contributed by atoms with Crippen molar-refractivity contribution in [1.29, 1.82) is 0 Å². The largest absolute Gasteiger partial charge is 0.493 e. The molecule has 6 heteroatoms. The van der Waals surface area contributed by atoms with E-state index in [1.165, 1.54) is 16.7 Å². The van der Waals surface area contributed by atoms with Crippen LogP contribution in [-0.4, -0.2) is 55.0 Å². The van der Waals surface area contributed by atoms with Crippen molar-refractivity contribution in [3.8, 4) is 5.75 Å². The highest BCUT2D eigenvalue weighted by atomic mass is 35.5. The Morgan fingerprint density at radius 1 is 1.07 bits per heavy atom. The fourth-order valence-electron chi connectivity index (χ4n) is 3.98. The van der Waals surface area contributed by atoms with Crippen LogP contribution in [0.25, 0.3) is 0 Å². The second-order valence-corrected chi connectivity index (χ2v) is 8.34. The maximum atomic E-state index is 12.7. The summed E-state index contributed by atoms with van der Waals surface area (Å²) in [6.07, 6.45) is 0.857. The first-order valence-corrected chi connectivity index (χ1v) is 11.0. The van der Waals surface area contributed by atoms with Gasteiger partial charge in [-0.2, -0.15) is 0 Å². The molecule has 1 aliphatic heterocycles. The summed E-state index contributed by atoms with van der Waals surface area (Å²) < 4.78 is 5.88. The zero-order valence-electron chi connectivity index (χ0n) is 18.2. The lowest BCUT2D eigenvalue weighted by atomic mass is 9.96. The summed E-state index contributed by atoms with van der Waals surface area (Å²) in [4.78, 5) is 17.1. The normalized spacial score (nSPS) is 15.8. The van der Waals surface area contributed by atoms with Gasteiger partial charge in [0.05, 0.1) is 6.61 Å². The summed E-state index contributed by atoms with van der Waals surface area (Å²) in [5, 5.41) is 0.645. The Balaban J connectivity index is 1.62. The Hall–Kier alpha value is -2.08. The molecule has 2 aromatic rings. The highest BCUT2D eigenvalue weighted by Crippen LogP contribution is 2.31. The molecule has 0 aliphatic carbocycles. The first-order valence-electron chi connectivity index (χ1n) is 10.6. The van der Waals surface area contributed by atoms with Gasteiger partial charge in [-0.05, 0) is 80.8 Å². The molecule has 3 rings (SSSR count). The van der Waals surface area contributed by atoms with Gasteiger partial charge < -0.3 is 15.4 Å². The van der Waals surface area contributed by atoms with Crippen LogP contribution in [0, 0.1) is 13.8 Å². The molecule has 30 heavy (non-hydrogen) atoms.